The molecule has 0 radical (unpaired) electrons. The molecule has 1 aliphatic rings. The molecule has 0 saturated carbocycles. The van der Waals surface area contributed by atoms with E-state index in [1.807, 2.05) is 23.7 Å². The van der Waals surface area contributed by atoms with Crippen LogP contribution >= 0.6 is 11.3 Å². The Morgan fingerprint density at radius 3 is 3.16 bits per heavy atom. The molecular formula is C17H18N4O3S. The predicted molar refractivity (Wildman–Crippen MR) is 90.2 cm³/mol. The average Bonchev–Trinajstić information content (AvgIpc) is 3.37. The minimum absolute atomic E-state index is 0.0601. The number of aromatic nitrogens is 4. The SMILES string of the molecule is COCc1nc(Cc2noc([C@H]3CCO[C@@H]3c3cccnc3)n2)cs1. The van der Waals surface area contributed by atoms with Crippen LogP contribution < -0.4 is 0 Å². The highest BCUT2D eigenvalue weighted by atomic mass is 32.1. The molecule has 130 valence electrons. The zero-order valence-corrected chi connectivity index (χ0v) is 14.6. The predicted octanol–water partition coefficient (Wildman–Crippen LogP) is 2.90. The Kier molecular flexibility index (Phi) is 4.82. The van der Waals surface area contributed by atoms with E-state index in [1.165, 1.54) is 0 Å². The van der Waals surface area contributed by atoms with E-state index >= 15 is 0 Å². The summed E-state index contributed by atoms with van der Waals surface area (Å²) in [7, 11) is 1.66. The Morgan fingerprint density at radius 2 is 2.32 bits per heavy atom. The van der Waals surface area contributed by atoms with Crippen LogP contribution in [-0.2, 0) is 22.5 Å². The van der Waals surface area contributed by atoms with E-state index in [-0.39, 0.29) is 12.0 Å². The molecule has 0 unspecified atom stereocenters. The van der Waals surface area contributed by atoms with Gasteiger partial charge in [-0.3, -0.25) is 4.98 Å². The maximum Gasteiger partial charge on any atom is 0.232 e. The van der Waals surface area contributed by atoms with Gasteiger partial charge in [0, 0.05) is 31.5 Å². The quantitative estimate of drug-likeness (QED) is 0.670. The lowest BCUT2D eigenvalue weighted by Crippen LogP contribution is -2.07. The fourth-order valence-electron chi connectivity index (χ4n) is 2.99. The third kappa shape index (κ3) is 3.60. The third-order valence-corrected chi connectivity index (χ3v) is 4.98. The topological polar surface area (TPSA) is 83.2 Å². The molecule has 2 atom stereocenters. The molecule has 3 aromatic heterocycles. The molecule has 0 spiro atoms. The van der Waals surface area contributed by atoms with E-state index in [0.29, 0.717) is 31.3 Å². The minimum Gasteiger partial charge on any atom is -0.378 e. The van der Waals surface area contributed by atoms with Crippen LogP contribution in [0.5, 0.6) is 0 Å². The summed E-state index contributed by atoms with van der Waals surface area (Å²) in [5.74, 6) is 1.32. The van der Waals surface area contributed by atoms with E-state index in [2.05, 4.69) is 20.1 Å². The largest absolute Gasteiger partial charge is 0.378 e. The fraction of sp³-hybridized carbons (Fsp3) is 0.412. The number of hydrogen-bond donors (Lipinski definition) is 0. The normalized spacial score (nSPS) is 20.2. The molecule has 0 aliphatic carbocycles. The Hall–Kier alpha value is -2.16. The molecule has 7 nitrogen and oxygen atoms in total. The summed E-state index contributed by atoms with van der Waals surface area (Å²) in [6, 6.07) is 3.92. The van der Waals surface area contributed by atoms with E-state index in [9.17, 15) is 0 Å². The second-order valence-corrected chi connectivity index (χ2v) is 6.81. The Morgan fingerprint density at radius 1 is 1.36 bits per heavy atom. The summed E-state index contributed by atoms with van der Waals surface area (Å²) in [5, 5.41) is 7.06. The van der Waals surface area contributed by atoms with Crippen molar-refractivity contribution in [1.82, 2.24) is 20.1 Å². The van der Waals surface area contributed by atoms with Crippen molar-refractivity contribution >= 4 is 11.3 Å². The standard InChI is InChI=1S/C17H18N4O3S/c1-22-9-15-19-12(10-25-15)7-14-20-17(24-21-14)13-4-6-23-16(13)11-3-2-5-18-8-11/h2-3,5,8,10,13,16H,4,6-7,9H2,1H3/t13-,16+/m0/s1. The van der Waals surface area contributed by atoms with Crippen LogP contribution in [-0.4, -0.2) is 33.8 Å². The van der Waals surface area contributed by atoms with Crippen molar-refractivity contribution in [1.29, 1.82) is 0 Å². The molecule has 4 rings (SSSR count). The number of rotatable bonds is 6. The summed E-state index contributed by atoms with van der Waals surface area (Å²) < 4.78 is 16.5. The Labute approximate surface area is 149 Å². The highest BCUT2D eigenvalue weighted by Crippen LogP contribution is 2.40. The van der Waals surface area contributed by atoms with Crippen LogP contribution in [0.2, 0.25) is 0 Å². The van der Waals surface area contributed by atoms with Gasteiger partial charge in [-0.25, -0.2) is 4.98 Å². The van der Waals surface area contributed by atoms with Crippen molar-refractivity contribution in [2.24, 2.45) is 0 Å². The van der Waals surface area contributed by atoms with Gasteiger partial charge in [0.1, 0.15) is 5.01 Å². The highest BCUT2D eigenvalue weighted by molar-refractivity contribution is 7.09. The molecule has 1 aliphatic heterocycles. The number of thiazole rings is 1. The van der Waals surface area contributed by atoms with E-state index in [4.69, 9.17) is 14.0 Å². The number of methoxy groups -OCH3 is 1. The van der Waals surface area contributed by atoms with Gasteiger partial charge in [0.25, 0.3) is 0 Å². The van der Waals surface area contributed by atoms with Gasteiger partial charge in [0.2, 0.25) is 5.89 Å². The summed E-state index contributed by atoms with van der Waals surface area (Å²) >= 11 is 1.57. The maximum atomic E-state index is 5.87. The van der Waals surface area contributed by atoms with Crippen LogP contribution in [0.15, 0.2) is 34.4 Å². The van der Waals surface area contributed by atoms with Crippen LogP contribution in [0.3, 0.4) is 0 Å². The van der Waals surface area contributed by atoms with Gasteiger partial charge in [-0.15, -0.1) is 11.3 Å². The molecule has 0 amide bonds. The van der Waals surface area contributed by atoms with Crippen molar-refractivity contribution in [2.45, 2.75) is 31.5 Å². The van der Waals surface area contributed by atoms with Gasteiger partial charge in [-0.2, -0.15) is 4.98 Å². The van der Waals surface area contributed by atoms with Crippen molar-refractivity contribution in [2.75, 3.05) is 13.7 Å². The number of ether oxygens (including phenoxy) is 2. The summed E-state index contributed by atoms with van der Waals surface area (Å²) in [4.78, 5) is 13.2. The minimum atomic E-state index is -0.0884. The van der Waals surface area contributed by atoms with Gasteiger partial charge in [0.15, 0.2) is 5.82 Å². The van der Waals surface area contributed by atoms with Crippen LogP contribution in [0.1, 0.15) is 46.4 Å². The summed E-state index contributed by atoms with van der Waals surface area (Å²) in [6.07, 6.45) is 4.90. The lowest BCUT2D eigenvalue weighted by molar-refractivity contribution is 0.0983. The Balaban J connectivity index is 1.48. The average molecular weight is 358 g/mol. The molecule has 8 heteroatoms. The van der Waals surface area contributed by atoms with Crippen molar-refractivity contribution < 1.29 is 14.0 Å². The van der Waals surface area contributed by atoms with Crippen molar-refractivity contribution in [3.63, 3.8) is 0 Å². The molecule has 0 aromatic carbocycles. The first-order valence-electron chi connectivity index (χ1n) is 8.09. The molecular weight excluding hydrogens is 340 g/mol. The molecule has 3 aromatic rings. The first-order valence-corrected chi connectivity index (χ1v) is 8.97. The first-order chi connectivity index (χ1) is 12.3. The molecule has 25 heavy (non-hydrogen) atoms. The van der Waals surface area contributed by atoms with Gasteiger partial charge in [-0.05, 0) is 18.1 Å². The maximum absolute atomic E-state index is 5.87. The lowest BCUT2D eigenvalue weighted by Gasteiger charge is -2.14. The zero-order valence-electron chi connectivity index (χ0n) is 13.8. The monoisotopic (exact) mass is 358 g/mol. The molecule has 0 N–H and O–H groups in total. The zero-order chi connectivity index (χ0) is 17.1. The molecule has 1 fully saturated rings. The second-order valence-electron chi connectivity index (χ2n) is 5.86. The van der Waals surface area contributed by atoms with Crippen LogP contribution in [0.4, 0.5) is 0 Å². The van der Waals surface area contributed by atoms with Gasteiger partial charge >= 0.3 is 0 Å². The number of hydrogen-bond acceptors (Lipinski definition) is 8. The third-order valence-electron chi connectivity index (χ3n) is 4.11. The smallest absolute Gasteiger partial charge is 0.232 e. The van der Waals surface area contributed by atoms with Gasteiger partial charge < -0.3 is 14.0 Å². The number of nitrogens with zero attached hydrogens (tertiary/aromatic N) is 4. The first kappa shape index (κ1) is 16.3. The van der Waals surface area contributed by atoms with Crippen LogP contribution in [0, 0.1) is 0 Å². The highest BCUT2D eigenvalue weighted by Gasteiger charge is 2.35. The lowest BCUT2D eigenvalue weighted by atomic mass is 9.96. The van der Waals surface area contributed by atoms with Gasteiger partial charge in [-0.1, -0.05) is 11.2 Å². The Bertz CT molecular complexity index is 820. The molecule has 0 bridgehead atoms. The summed E-state index contributed by atoms with van der Waals surface area (Å²) in [5.41, 5.74) is 1.96. The van der Waals surface area contributed by atoms with Crippen molar-refractivity contribution in [3.05, 3.63) is 57.9 Å². The van der Waals surface area contributed by atoms with E-state index in [1.54, 1.807) is 24.6 Å². The second kappa shape index (κ2) is 7.38. The summed E-state index contributed by atoms with van der Waals surface area (Å²) in [6.45, 7) is 1.20. The molecule has 4 heterocycles. The number of pyridine rings is 1. The fourth-order valence-corrected chi connectivity index (χ4v) is 3.75. The van der Waals surface area contributed by atoms with Crippen molar-refractivity contribution in [3.8, 4) is 0 Å². The van der Waals surface area contributed by atoms with Crippen LogP contribution in [0.25, 0.3) is 0 Å². The van der Waals surface area contributed by atoms with Gasteiger partial charge in [0.05, 0.1) is 30.7 Å². The molecule has 1 saturated heterocycles. The van der Waals surface area contributed by atoms with E-state index in [0.717, 1.165) is 22.7 Å². The van der Waals surface area contributed by atoms with E-state index < -0.39 is 0 Å².